The first-order chi connectivity index (χ1) is 6.70. The average molecular weight is 288 g/mol. The van der Waals surface area contributed by atoms with Gasteiger partial charge in [-0.1, -0.05) is 28.9 Å². The number of benzene rings is 1. The maximum Gasteiger partial charge on any atom is 0.127 e. The number of fused-ring (bicyclic) bond motifs is 1. The predicted octanol–water partition coefficient (Wildman–Crippen LogP) is 3.56. The van der Waals surface area contributed by atoms with Gasteiger partial charge < -0.3 is 5.73 Å². The molecule has 0 atom stereocenters. The number of pyridine rings is 1. The summed E-state index contributed by atoms with van der Waals surface area (Å²) in [6.45, 7) is 2.08. The standard InChI is InChI=1S/C11H11BrN2.ClH/c1-2-7-5-8-3-4-9(12)6-10(8)14-11(7)13;/h3-6H,2H2,1H3,(H2,13,14);1H. The van der Waals surface area contributed by atoms with Gasteiger partial charge in [0.1, 0.15) is 5.82 Å². The minimum absolute atomic E-state index is 0. The Labute approximate surface area is 103 Å². The van der Waals surface area contributed by atoms with E-state index in [1.54, 1.807) is 0 Å². The van der Waals surface area contributed by atoms with Crippen LogP contribution in [-0.4, -0.2) is 4.98 Å². The zero-order chi connectivity index (χ0) is 10.1. The molecule has 0 saturated heterocycles. The molecule has 2 N–H and O–H groups in total. The minimum Gasteiger partial charge on any atom is -0.383 e. The van der Waals surface area contributed by atoms with Gasteiger partial charge in [0.05, 0.1) is 5.52 Å². The maximum atomic E-state index is 5.82. The molecule has 0 aliphatic carbocycles. The van der Waals surface area contributed by atoms with Crippen molar-refractivity contribution in [1.82, 2.24) is 4.98 Å². The van der Waals surface area contributed by atoms with Gasteiger partial charge in [-0.05, 0) is 30.2 Å². The topological polar surface area (TPSA) is 38.9 Å². The molecular weight excluding hydrogens is 275 g/mol. The van der Waals surface area contributed by atoms with Crippen LogP contribution in [0.4, 0.5) is 5.82 Å². The van der Waals surface area contributed by atoms with E-state index in [2.05, 4.69) is 33.9 Å². The summed E-state index contributed by atoms with van der Waals surface area (Å²) in [7, 11) is 0. The van der Waals surface area contributed by atoms with E-state index in [9.17, 15) is 0 Å². The maximum absolute atomic E-state index is 5.82. The summed E-state index contributed by atoms with van der Waals surface area (Å²) in [6, 6.07) is 8.14. The van der Waals surface area contributed by atoms with E-state index in [4.69, 9.17) is 5.73 Å². The van der Waals surface area contributed by atoms with Crippen LogP contribution in [0.5, 0.6) is 0 Å². The van der Waals surface area contributed by atoms with Gasteiger partial charge >= 0.3 is 0 Å². The fourth-order valence-electron chi connectivity index (χ4n) is 1.48. The quantitative estimate of drug-likeness (QED) is 0.871. The van der Waals surface area contributed by atoms with Crippen molar-refractivity contribution in [2.24, 2.45) is 0 Å². The molecule has 4 heteroatoms. The molecule has 1 heterocycles. The van der Waals surface area contributed by atoms with Gasteiger partial charge in [-0.2, -0.15) is 0 Å². The molecule has 0 saturated carbocycles. The highest BCUT2D eigenvalue weighted by Gasteiger charge is 2.02. The molecule has 0 fully saturated rings. The highest BCUT2D eigenvalue weighted by atomic mass is 79.9. The normalized spacial score (nSPS) is 10.0. The molecule has 15 heavy (non-hydrogen) atoms. The van der Waals surface area contributed by atoms with Crippen LogP contribution in [0.1, 0.15) is 12.5 Å². The molecule has 1 aromatic carbocycles. The van der Waals surface area contributed by atoms with Crippen LogP contribution in [0, 0.1) is 0 Å². The third-order valence-electron chi connectivity index (χ3n) is 2.27. The Balaban J connectivity index is 0.00000112. The molecule has 0 amide bonds. The van der Waals surface area contributed by atoms with E-state index in [0.717, 1.165) is 27.4 Å². The van der Waals surface area contributed by atoms with Crippen molar-refractivity contribution >= 4 is 45.1 Å². The molecular formula is C11H12BrClN2. The lowest BCUT2D eigenvalue weighted by Crippen LogP contribution is -1.96. The number of hydrogen-bond donors (Lipinski definition) is 1. The fourth-order valence-corrected chi connectivity index (χ4v) is 1.83. The monoisotopic (exact) mass is 286 g/mol. The summed E-state index contributed by atoms with van der Waals surface area (Å²) >= 11 is 3.41. The third kappa shape index (κ3) is 2.41. The van der Waals surface area contributed by atoms with Gasteiger partial charge in [0.15, 0.2) is 0 Å². The molecule has 0 aliphatic rings. The van der Waals surface area contributed by atoms with Gasteiger partial charge in [0.25, 0.3) is 0 Å². The molecule has 1 aromatic heterocycles. The lowest BCUT2D eigenvalue weighted by molar-refractivity contribution is 1.13. The van der Waals surface area contributed by atoms with Crippen LogP contribution < -0.4 is 5.73 Å². The summed E-state index contributed by atoms with van der Waals surface area (Å²) in [5, 5.41) is 1.14. The van der Waals surface area contributed by atoms with Gasteiger partial charge in [-0.25, -0.2) is 4.98 Å². The third-order valence-corrected chi connectivity index (χ3v) is 2.77. The second-order valence-electron chi connectivity index (χ2n) is 3.22. The Morgan fingerprint density at radius 1 is 1.33 bits per heavy atom. The van der Waals surface area contributed by atoms with Crippen molar-refractivity contribution < 1.29 is 0 Å². The van der Waals surface area contributed by atoms with Crippen molar-refractivity contribution in [3.05, 3.63) is 34.3 Å². The molecule has 0 bridgehead atoms. The molecule has 0 spiro atoms. The molecule has 80 valence electrons. The van der Waals surface area contributed by atoms with Gasteiger partial charge in [0.2, 0.25) is 0 Å². The van der Waals surface area contributed by atoms with E-state index in [1.807, 2.05) is 18.2 Å². The summed E-state index contributed by atoms with van der Waals surface area (Å²) in [5.41, 5.74) is 7.87. The fraction of sp³-hybridized carbons (Fsp3) is 0.182. The number of rotatable bonds is 1. The molecule has 0 aliphatic heterocycles. The van der Waals surface area contributed by atoms with Crippen molar-refractivity contribution in [1.29, 1.82) is 0 Å². The largest absolute Gasteiger partial charge is 0.383 e. The van der Waals surface area contributed by atoms with E-state index in [0.29, 0.717) is 5.82 Å². The van der Waals surface area contributed by atoms with Crippen LogP contribution in [-0.2, 0) is 6.42 Å². The van der Waals surface area contributed by atoms with Crippen LogP contribution >= 0.6 is 28.3 Å². The number of nitrogen functional groups attached to an aromatic ring is 1. The molecule has 0 radical (unpaired) electrons. The Kier molecular flexibility index (Phi) is 3.94. The first-order valence-electron chi connectivity index (χ1n) is 4.55. The predicted molar refractivity (Wildman–Crippen MR) is 70.5 cm³/mol. The van der Waals surface area contributed by atoms with Crippen LogP contribution in [0.2, 0.25) is 0 Å². The Morgan fingerprint density at radius 3 is 2.73 bits per heavy atom. The first-order valence-corrected chi connectivity index (χ1v) is 5.34. The SMILES string of the molecule is CCc1cc2ccc(Br)cc2nc1N.Cl. The molecule has 2 nitrogen and oxygen atoms in total. The average Bonchev–Trinajstić information content (AvgIpc) is 2.16. The smallest absolute Gasteiger partial charge is 0.127 e. The summed E-state index contributed by atoms with van der Waals surface area (Å²) in [4.78, 5) is 4.36. The molecule has 0 unspecified atom stereocenters. The molecule has 2 aromatic rings. The zero-order valence-electron chi connectivity index (χ0n) is 8.33. The highest BCUT2D eigenvalue weighted by molar-refractivity contribution is 9.10. The van der Waals surface area contributed by atoms with E-state index in [-0.39, 0.29) is 12.4 Å². The zero-order valence-corrected chi connectivity index (χ0v) is 10.7. The van der Waals surface area contributed by atoms with Crippen molar-refractivity contribution in [2.75, 3.05) is 5.73 Å². The highest BCUT2D eigenvalue weighted by Crippen LogP contribution is 2.22. The molecule has 2 rings (SSSR count). The van der Waals surface area contributed by atoms with Gasteiger partial charge in [-0.3, -0.25) is 0 Å². The van der Waals surface area contributed by atoms with E-state index in [1.165, 1.54) is 0 Å². The second-order valence-corrected chi connectivity index (χ2v) is 4.14. The Hall–Kier alpha value is -0.800. The van der Waals surface area contributed by atoms with Gasteiger partial charge in [-0.15, -0.1) is 12.4 Å². The van der Waals surface area contributed by atoms with Crippen LogP contribution in [0.3, 0.4) is 0 Å². The number of nitrogens with zero attached hydrogens (tertiary/aromatic N) is 1. The summed E-state index contributed by atoms with van der Waals surface area (Å²) in [5.74, 6) is 0.637. The lowest BCUT2D eigenvalue weighted by Gasteiger charge is -2.04. The first kappa shape index (κ1) is 12.3. The van der Waals surface area contributed by atoms with Crippen molar-refractivity contribution in [2.45, 2.75) is 13.3 Å². The van der Waals surface area contributed by atoms with Crippen LogP contribution in [0.25, 0.3) is 10.9 Å². The Bertz CT molecular complexity index is 485. The van der Waals surface area contributed by atoms with Crippen LogP contribution in [0.15, 0.2) is 28.7 Å². The number of aryl methyl sites for hydroxylation is 1. The summed E-state index contributed by atoms with van der Waals surface area (Å²) < 4.78 is 1.03. The lowest BCUT2D eigenvalue weighted by atomic mass is 10.1. The number of nitrogens with two attached hydrogens (primary N) is 1. The summed E-state index contributed by atoms with van der Waals surface area (Å²) in [6.07, 6.45) is 0.921. The Morgan fingerprint density at radius 2 is 2.07 bits per heavy atom. The number of hydrogen-bond acceptors (Lipinski definition) is 2. The number of anilines is 1. The minimum atomic E-state index is 0. The van der Waals surface area contributed by atoms with E-state index >= 15 is 0 Å². The van der Waals surface area contributed by atoms with Gasteiger partial charge in [0, 0.05) is 9.86 Å². The van der Waals surface area contributed by atoms with E-state index < -0.39 is 0 Å². The van der Waals surface area contributed by atoms with Crippen molar-refractivity contribution in [3.63, 3.8) is 0 Å². The second kappa shape index (κ2) is 4.81. The number of aromatic nitrogens is 1. The van der Waals surface area contributed by atoms with Crippen molar-refractivity contribution in [3.8, 4) is 0 Å². The number of halogens is 2.